The summed E-state index contributed by atoms with van der Waals surface area (Å²) < 4.78 is 0. The number of hydrogen-bond donors (Lipinski definition) is 1. The molecule has 1 N–H and O–H groups in total. The molecule has 1 nitrogen and oxygen atoms in total. The fourth-order valence-corrected chi connectivity index (χ4v) is 3.46. The third-order valence-electron chi connectivity index (χ3n) is 5.40. The van der Waals surface area contributed by atoms with Crippen LogP contribution in [0.25, 0.3) is 0 Å². The molecule has 0 heterocycles. The second-order valence-electron chi connectivity index (χ2n) is 9.26. The molecule has 0 aromatic carbocycles. The van der Waals surface area contributed by atoms with Crippen LogP contribution in [-0.4, -0.2) is 12.1 Å². The predicted octanol–water partition coefficient (Wildman–Crippen LogP) is 5.25. The van der Waals surface area contributed by atoms with Crippen molar-refractivity contribution >= 4 is 0 Å². The van der Waals surface area contributed by atoms with Crippen LogP contribution in [0.1, 0.15) is 81.1 Å². The molecule has 1 rings (SSSR count). The van der Waals surface area contributed by atoms with Gasteiger partial charge in [-0.2, -0.15) is 0 Å². The van der Waals surface area contributed by atoms with Crippen LogP contribution in [0.5, 0.6) is 0 Å². The molecule has 1 fully saturated rings. The SMILES string of the molecule is CC(C)C1(CNC(C)(C)C)CCC(C(C)(C)C)CC1. The van der Waals surface area contributed by atoms with E-state index in [0.29, 0.717) is 10.8 Å². The third kappa shape index (κ3) is 4.77. The second-order valence-corrected chi connectivity index (χ2v) is 9.26. The van der Waals surface area contributed by atoms with Gasteiger partial charge < -0.3 is 5.32 Å². The molecule has 0 saturated heterocycles. The molecular weight excluding hydrogens is 230 g/mol. The van der Waals surface area contributed by atoms with Crippen LogP contribution in [0.15, 0.2) is 0 Å². The van der Waals surface area contributed by atoms with Crippen molar-refractivity contribution in [2.24, 2.45) is 22.7 Å². The summed E-state index contributed by atoms with van der Waals surface area (Å²) in [7, 11) is 0. The highest BCUT2D eigenvalue weighted by Crippen LogP contribution is 2.48. The van der Waals surface area contributed by atoms with Crippen LogP contribution in [0, 0.1) is 22.7 Å². The monoisotopic (exact) mass is 267 g/mol. The molecule has 114 valence electrons. The zero-order valence-electron chi connectivity index (χ0n) is 14.7. The van der Waals surface area contributed by atoms with Gasteiger partial charge in [-0.05, 0) is 69.1 Å². The second kappa shape index (κ2) is 5.76. The van der Waals surface area contributed by atoms with Crippen molar-refractivity contribution in [2.45, 2.75) is 86.6 Å². The number of rotatable bonds is 3. The van der Waals surface area contributed by atoms with E-state index in [2.05, 4.69) is 60.7 Å². The minimum Gasteiger partial charge on any atom is -0.312 e. The Balaban J connectivity index is 2.67. The first-order chi connectivity index (χ1) is 8.46. The fraction of sp³-hybridized carbons (Fsp3) is 1.00. The maximum absolute atomic E-state index is 3.77. The third-order valence-corrected chi connectivity index (χ3v) is 5.40. The average molecular weight is 268 g/mol. The van der Waals surface area contributed by atoms with Gasteiger partial charge in [0.25, 0.3) is 0 Å². The summed E-state index contributed by atoms with van der Waals surface area (Å²) in [5, 5.41) is 3.77. The quantitative estimate of drug-likeness (QED) is 0.736. The van der Waals surface area contributed by atoms with Gasteiger partial charge in [0.15, 0.2) is 0 Å². The molecule has 0 radical (unpaired) electrons. The van der Waals surface area contributed by atoms with E-state index in [4.69, 9.17) is 0 Å². The molecule has 0 aromatic heterocycles. The molecule has 0 aromatic rings. The number of nitrogens with one attached hydrogen (secondary N) is 1. The highest BCUT2D eigenvalue weighted by Gasteiger charge is 2.40. The summed E-state index contributed by atoms with van der Waals surface area (Å²) >= 11 is 0. The van der Waals surface area contributed by atoms with Gasteiger partial charge >= 0.3 is 0 Å². The Kier molecular flexibility index (Phi) is 5.15. The lowest BCUT2D eigenvalue weighted by molar-refractivity contribution is 0.0462. The van der Waals surface area contributed by atoms with Crippen molar-refractivity contribution in [3.8, 4) is 0 Å². The first-order valence-electron chi connectivity index (χ1n) is 8.21. The minimum atomic E-state index is 0.239. The lowest BCUT2D eigenvalue weighted by Crippen LogP contribution is -2.48. The van der Waals surface area contributed by atoms with Crippen molar-refractivity contribution in [1.29, 1.82) is 0 Å². The van der Waals surface area contributed by atoms with Gasteiger partial charge in [0.2, 0.25) is 0 Å². The predicted molar refractivity (Wildman–Crippen MR) is 86.4 cm³/mol. The first-order valence-corrected chi connectivity index (χ1v) is 8.21. The van der Waals surface area contributed by atoms with E-state index in [9.17, 15) is 0 Å². The van der Waals surface area contributed by atoms with E-state index in [1.54, 1.807) is 0 Å². The Morgan fingerprint density at radius 1 is 1.00 bits per heavy atom. The largest absolute Gasteiger partial charge is 0.312 e. The van der Waals surface area contributed by atoms with Crippen molar-refractivity contribution in [1.82, 2.24) is 5.32 Å². The standard InChI is InChI=1S/C18H37N/c1-14(2)18(13-19-17(6,7)8)11-9-15(10-12-18)16(3,4)5/h14-15,19H,9-13H2,1-8H3. The van der Waals surface area contributed by atoms with E-state index in [1.807, 2.05) is 0 Å². The molecule has 19 heavy (non-hydrogen) atoms. The summed E-state index contributed by atoms with van der Waals surface area (Å²) in [5.74, 6) is 1.69. The molecule has 0 unspecified atom stereocenters. The molecule has 0 atom stereocenters. The van der Waals surface area contributed by atoms with Crippen LogP contribution in [0.3, 0.4) is 0 Å². The molecule has 0 spiro atoms. The van der Waals surface area contributed by atoms with Crippen LogP contribution in [-0.2, 0) is 0 Å². The Morgan fingerprint density at radius 3 is 1.79 bits per heavy atom. The lowest BCUT2D eigenvalue weighted by Gasteiger charge is -2.47. The van der Waals surface area contributed by atoms with Gasteiger partial charge in [0.05, 0.1) is 0 Å². The van der Waals surface area contributed by atoms with Gasteiger partial charge in [0.1, 0.15) is 0 Å². The summed E-state index contributed by atoms with van der Waals surface area (Å²) in [4.78, 5) is 0. The van der Waals surface area contributed by atoms with Gasteiger partial charge in [-0.25, -0.2) is 0 Å². The highest BCUT2D eigenvalue weighted by molar-refractivity contribution is 4.93. The summed E-state index contributed by atoms with van der Waals surface area (Å²) in [5.41, 5.74) is 1.25. The van der Waals surface area contributed by atoms with E-state index in [-0.39, 0.29) is 5.54 Å². The fourth-order valence-electron chi connectivity index (χ4n) is 3.46. The average Bonchev–Trinajstić information content (AvgIpc) is 2.24. The molecule has 1 saturated carbocycles. The first kappa shape index (κ1) is 17.0. The van der Waals surface area contributed by atoms with Crippen LogP contribution in [0.2, 0.25) is 0 Å². The highest BCUT2D eigenvalue weighted by atomic mass is 15.0. The van der Waals surface area contributed by atoms with E-state index in [0.717, 1.165) is 11.8 Å². The molecule has 1 aliphatic rings. The topological polar surface area (TPSA) is 12.0 Å². The Morgan fingerprint density at radius 2 is 1.47 bits per heavy atom. The van der Waals surface area contributed by atoms with E-state index >= 15 is 0 Å². The minimum absolute atomic E-state index is 0.239. The molecular formula is C18H37N. The van der Waals surface area contributed by atoms with Crippen molar-refractivity contribution in [3.05, 3.63) is 0 Å². The summed E-state index contributed by atoms with van der Waals surface area (Å²) in [6.07, 6.45) is 5.62. The molecule has 0 bridgehead atoms. The normalized spacial score (nSPS) is 29.8. The Hall–Kier alpha value is -0.0400. The van der Waals surface area contributed by atoms with Gasteiger partial charge in [0, 0.05) is 12.1 Å². The van der Waals surface area contributed by atoms with E-state index in [1.165, 1.54) is 32.2 Å². The molecule has 1 aliphatic carbocycles. The zero-order chi connectivity index (χ0) is 14.9. The van der Waals surface area contributed by atoms with Crippen LogP contribution < -0.4 is 5.32 Å². The molecule has 0 aliphatic heterocycles. The smallest absolute Gasteiger partial charge is 0.00967 e. The van der Waals surface area contributed by atoms with Gasteiger partial charge in [-0.3, -0.25) is 0 Å². The van der Waals surface area contributed by atoms with Crippen molar-refractivity contribution in [2.75, 3.05) is 6.54 Å². The Bertz CT molecular complexity index is 269. The summed E-state index contributed by atoms with van der Waals surface area (Å²) in [6.45, 7) is 20.1. The maximum Gasteiger partial charge on any atom is 0.00967 e. The Labute approximate surface area is 121 Å². The van der Waals surface area contributed by atoms with Gasteiger partial charge in [-0.15, -0.1) is 0 Å². The van der Waals surface area contributed by atoms with Crippen LogP contribution in [0.4, 0.5) is 0 Å². The summed E-state index contributed by atoms with van der Waals surface area (Å²) in [6, 6.07) is 0. The van der Waals surface area contributed by atoms with E-state index < -0.39 is 0 Å². The van der Waals surface area contributed by atoms with Crippen molar-refractivity contribution in [3.63, 3.8) is 0 Å². The molecule has 1 heteroatoms. The maximum atomic E-state index is 3.77. The molecule has 0 amide bonds. The number of hydrogen-bond acceptors (Lipinski definition) is 1. The van der Waals surface area contributed by atoms with Crippen LogP contribution >= 0.6 is 0 Å². The lowest BCUT2D eigenvalue weighted by atomic mass is 9.60. The van der Waals surface area contributed by atoms with Gasteiger partial charge in [-0.1, -0.05) is 34.6 Å². The van der Waals surface area contributed by atoms with Crippen molar-refractivity contribution < 1.29 is 0 Å². The zero-order valence-corrected chi connectivity index (χ0v) is 14.7.